The topological polar surface area (TPSA) is 93.1 Å². The van der Waals surface area contributed by atoms with E-state index in [1.54, 1.807) is 30.5 Å². The summed E-state index contributed by atoms with van der Waals surface area (Å²) < 4.78 is 30.2. The third kappa shape index (κ3) is 6.27. The summed E-state index contributed by atoms with van der Waals surface area (Å²) in [6.45, 7) is 8.43. The number of sulfonamides is 1. The van der Waals surface area contributed by atoms with Crippen LogP contribution in [0.5, 0.6) is 0 Å². The fraction of sp³-hybridized carbons (Fsp3) is 0.333. The maximum absolute atomic E-state index is 12.9. The molecule has 1 unspecified atom stereocenters. The molecule has 3 rings (SSSR count). The first-order valence-corrected chi connectivity index (χ1v) is 12.1. The van der Waals surface area contributed by atoms with Gasteiger partial charge in [-0.2, -0.15) is 4.72 Å². The van der Waals surface area contributed by atoms with Crippen LogP contribution in [0, 0.1) is 19.8 Å². The zero-order valence-electron chi connectivity index (χ0n) is 18.9. The predicted molar refractivity (Wildman–Crippen MR) is 126 cm³/mol. The molecule has 2 aromatic carbocycles. The molecule has 0 bridgehead atoms. The Morgan fingerprint density at radius 2 is 1.69 bits per heavy atom. The Bertz CT molecular complexity index is 1150. The van der Waals surface area contributed by atoms with Crippen LogP contribution in [0.4, 0.5) is 5.69 Å². The van der Waals surface area contributed by atoms with Crippen molar-refractivity contribution in [3.8, 4) is 0 Å². The molecule has 0 saturated carbocycles. The normalized spacial score (nSPS) is 12.7. The molecular weight excluding hydrogens is 424 g/mol. The highest BCUT2D eigenvalue weighted by molar-refractivity contribution is 7.89. The molecule has 32 heavy (non-hydrogen) atoms. The van der Waals surface area contributed by atoms with Crippen LogP contribution in [0.25, 0.3) is 0 Å². The first-order chi connectivity index (χ1) is 15.1. The van der Waals surface area contributed by atoms with Gasteiger partial charge in [0.15, 0.2) is 0 Å². The highest BCUT2D eigenvalue weighted by atomic mass is 32.2. The highest BCUT2D eigenvalue weighted by Gasteiger charge is 2.26. The molecule has 0 aliphatic heterocycles. The minimum Gasteiger partial charge on any atom is -0.331 e. The molecule has 0 aliphatic rings. The summed E-state index contributed by atoms with van der Waals surface area (Å²) in [5.41, 5.74) is 2.65. The van der Waals surface area contributed by atoms with E-state index in [1.165, 1.54) is 0 Å². The van der Waals surface area contributed by atoms with E-state index in [9.17, 15) is 13.2 Å². The van der Waals surface area contributed by atoms with E-state index in [0.717, 1.165) is 17.0 Å². The fourth-order valence-electron chi connectivity index (χ4n) is 3.34. The quantitative estimate of drug-likeness (QED) is 0.513. The van der Waals surface area contributed by atoms with Gasteiger partial charge in [0, 0.05) is 24.6 Å². The summed E-state index contributed by atoms with van der Waals surface area (Å²) in [7, 11) is -3.82. The summed E-state index contributed by atoms with van der Waals surface area (Å²) in [6, 6.07) is 13.2. The molecule has 1 amide bonds. The summed E-state index contributed by atoms with van der Waals surface area (Å²) in [4.78, 5) is 17.3. The number of benzene rings is 2. The summed E-state index contributed by atoms with van der Waals surface area (Å²) >= 11 is 0. The first kappa shape index (κ1) is 23.7. The van der Waals surface area contributed by atoms with Crippen molar-refractivity contribution >= 4 is 21.6 Å². The molecule has 3 aromatic rings. The van der Waals surface area contributed by atoms with Gasteiger partial charge in [-0.1, -0.05) is 43.7 Å². The number of carbonyl (C=O) groups is 1. The predicted octanol–water partition coefficient (Wildman–Crippen LogP) is 3.88. The van der Waals surface area contributed by atoms with Gasteiger partial charge in [0.2, 0.25) is 15.9 Å². The van der Waals surface area contributed by atoms with E-state index in [1.807, 2.05) is 62.7 Å². The Labute approximate surface area is 189 Å². The van der Waals surface area contributed by atoms with Crippen LogP contribution < -0.4 is 10.0 Å². The lowest BCUT2D eigenvalue weighted by molar-refractivity contribution is -0.118. The smallest absolute Gasteiger partial charge is 0.242 e. The Balaban J connectivity index is 1.70. The molecule has 0 spiro atoms. The number of aryl methyl sites for hydroxylation is 2. The minimum absolute atomic E-state index is 0.132. The van der Waals surface area contributed by atoms with Crippen LogP contribution in [0.1, 0.15) is 37.2 Å². The third-order valence-corrected chi connectivity index (χ3v) is 6.64. The van der Waals surface area contributed by atoms with Gasteiger partial charge in [-0.15, -0.1) is 0 Å². The van der Waals surface area contributed by atoms with E-state index >= 15 is 0 Å². The van der Waals surface area contributed by atoms with Gasteiger partial charge < -0.3 is 9.88 Å². The second-order valence-electron chi connectivity index (χ2n) is 8.41. The number of nitrogens with one attached hydrogen (secondary N) is 2. The lowest BCUT2D eigenvalue weighted by Gasteiger charge is -2.20. The standard InChI is InChI=1S/C24H30N4O3S/c1-17(2)15-23(27-32(30,31)22-11-5-18(3)6-12-22)24(29)26-21-9-7-20(8-10-21)16-28-14-13-25-19(28)4/h5-14,17,23,27H,15-16H2,1-4H3,(H,26,29). The Hall–Kier alpha value is -2.97. The van der Waals surface area contributed by atoms with Crippen LogP contribution in [0.2, 0.25) is 0 Å². The number of rotatable bonds is 9. The van der Waals surface area contributed by atoms with Crippen molar-refractivity contribution in [2.24, 2.45) is 5.92 Å². The Morgan fingerprint density at radius 1 is 1.03 bits per heavy atom. The van der Waals surface area contributed by atoms with E-state index in [0.29, 0.717) is 18.7 Å². The number of amides is 1. The van der Waals surface area contributed by atoms with Crippen molar-refractivity contribution in [3.63, 3.8) is 0 Å². The van der Waals surface area contributed by atoms with Crippen molar-refractivity contribution < 1.29 is 13.2 Å². The molecule has 2 N–H and O–H groups in total. The molecule has 0 fully saturated rings. The molecule has 7 nitrogen and oxygen atoms in total. The van der Waals surface area contributed by atoms with Crippen molar-refractivity contribution in [2.75, 3.05) is 5.32 Å². The zero-order valence-corrected chi connectivity index (χ0v) is 19.7. The maximum Gasteiger partial charge on any atom is 0.242 e. The molecule has 0 saturated heterocycles. The van der Waals surface area contributed by atoms with Crippen molar-refractivity contribution in [1.29, 1.82) is 0 Å². The van der Waals surface area contributed by atoms with Gasteiger partial charge in [0.05, 0.1) is 4.90 Å². The Morgan fingerprint density at radius 3 is 2.25 bits per heavy atom. The minimum atomic E-state index is -3.82. The number of nitrogens with zero attached hydrogens (tertiary/aromatic N) is 2. The van der Waals surface area contributed by atoms with Crippen molar-refractivity contribution in [2.45, 2.75) is 51.6 Å². The van der Waals surface area contributed by atoms with Crippen molar-refractivity contribution in [3.05, 3.63) is 77.9 Å². The van der Waals surface area contributed by atoms with E-state index < -0.39 is 16.1 Å². The Kier molecular flexibility index (Phi) is 7.48. The lowest BCUT2D eigenvalue weighted by Crippen LogP contribution is -2.44. The van der Waals surface area contributed by atoms with Gasteiger partial charge >= 0.3 is 0 Å². The molecule has 170 valence electrons. The van der Waals surface area contributed by atoms with Gasteiger partial charge in [-0.3, -0.25) is 4.79 Å². The number of carbonyl (C=O) groups excluding carboxylic acids is 1. The molecule has 0 aliphatic carbocycles. The van der Waals surface area contributed by atoms with E-state index in [2.05, 4.69) is 15.0 Å². The number of imidazole rings is 1. The van der Waals surface area contributed by atoms with Crippen LogP contribution >= 0.6 is 0 Å². The average molecular weight is 455 g/mol. The van der Waals surface area contributed by atoms with E-state index in [-0.39, 0.29) is 16.7 Å². The second-order valence-corrected chi connectivity index (χ2v) is 10.1. The number of anilines is 1. The van der Waals surface area contributed by atoms with Crippen LogP contribution in [0.3, 0.4) is 0 Å². The summed E-state index contributed by atoms with van der Waals surface area (Å²) in [6.07, 6.45) is 4.06. The van der Waals surface area contributed by atoms with Crippen LogP contribution in [-0.2, 0) is 21.4 Å². The maximum atomic E-state index is 12.9. The number of aromatic nitrogens is 2. The highest BCUT2D eigenvalue weighted by Crippen LogP contribution is 2.16. The SMILES string of the molecule is Cc1ccc(S(=O)(=O)NC(CC(C)C)C(=O)Nc2ccc(Cn3ccnc3C)cc2)cc1. The average Bonchev–Trinajstić information content (AvgIpc) is 3.13. The van der Waals surface area contributed by atoms with Gasteiger partial charge in [-0.25, -0.2) is 13.4 Å². The number of hydrogen-bond donors (Lipinski definition) is 2. The van der Waals surface area contributed by atoms with Gasteiger partial charge in [-0.05, 0) is 56.0 Å². The van der Waals surface area contributed by atoms with Crippen LogP contribution in [0.15, 0.2) is 65.8 Å². The molecule has 1 aromatic heterocycles. The molecule has 8 heteroatoms. The fourth-order valence-corrected chi connectivity index (χ4v) is 4.55. The first-order valence-electron chi connectivity index (χ1n) is 10.6. The third-order valence-electron chi connectivity index (χ3n) is 5.15. The molecular formula is C24H30N4O3S. The molecule has 0 radical (unpaired) electrons. The summed E-state index contributed by atoms with van der Waals surface area (Å²) in [5.74, 6) is 0.680. The molecule has 1 atom stereocenters. The van der Waals surface area contributed by atoms with Gasteiger partial charge in [0.1, 0.15) is 11.9 Å². The molecule has 1 heterocycles. The van der Waals surface area contributed by atoms with Crippen LogP contribution in [-0.4, -0.2) is 29.9 Å². The van der Waals surface area contributed by atoms with Crippen molar-refractivity contribution in [1.82, 2.24) is 14.3 Å². The second kappa shape index (κ2) is 10.1. The zero-order chi connectivity index (χ0) is 23.3. The lowest BCUT2D eigenvalue weighted by atomic mass is 10.0. The monoisotopic (exact) mass is 454 g/mol. The largest absolute Gasteiger partial charge is 0.331 e. The van der Waals surface area contributed by atoms with E-state index in [4.69, 9.17) is 0 Å². The number of hydrogen-bond acceptors (Lipinski definition) is 4. The van der Waals surface area contributed by atoms with Gasteiger partial charge in [0.25, 0.3) is 0 Å². The summed E-state index contributed by atoms with van der Waals surface area (Å²) in [5, 5.41) is 2.84.